The quantitative estimate of drug-likeness (QED) is 0.724. The number of anilines is 1. The molecule has 2 N–H and O–H groups in total. The molecule has 4 nitrogen and oxygen atoms in total. The van der Waals surface area contributed by atoms with Crippen molar-refractivity contribution >= 4 is 17.5 Å². The summed E-state index contributed by atoms with van der Waals surface area (Å²) in [5, 5.41) is 5.55. The molecule has 154 valence electrons. The molecule has 0 unspecified atom stereocenters. The first-order valence-corrected chi connectivity index (χ1v) is 9.69. The maximum Gasteiger partial charge on any atom is 0.416 e. The molecule has 0 saturated heterocycles. The second kappa shape index (κ2) is 9.11. The highest BCUT2D eigenvalue weighted by Gasteiger charge is 2.30. The first kappa shape index (κ1) is 20.9. The minimum atomic E-state index is -4.39. The maximum atomic E-state index is 12.6. The summed E-state index contributed by atoms with van der Waals surface area (Å²) >= 11 is 0. The first-order chi connectivity index (χ1) is 13.8. The molecule has 0 spiro atoms. The molecule has 1 fully saturated rings. The van der Waals surface area contributed by atoms with Crippen LogP contribution in [0.15, 0.2) is 48.5 Å². The molecule has 2 aromatic carbocycles. The van der Waals surface area contributed by atoms with Gasteiger partial charge in [-0.15, -0.1) is 0 Å². The summed E-state index contributed by atoms with van der Waals surface area (Å²) in [5.41, 5.74) is 0.579. The fourth-order valence-electron chi connectivity index (χ4n) is 3.48. The van der Waals surface area contributed by atoms with Crippen LogP contribution in [0, 0.1) is 5.92 Å². The van der Waals surface area contributed by atoms with Gasteiger partial charge >= 0.3 is 6.18 Å². The van der Waals surface area contributed by atoms with Gasteiger partial charge < -0.3 is 10.6 Å². The van der Waals surface area contributed by atoms with E-state index in [2.05, 4.69) is 10.6 Å². The van der Waals surface area contributed by atoms with Crippen LogP contribution in [-0.2, 0) is 17.5 Å². The number of hydrogen-bond acceptors (Lipinski definition) is 2. The molecule has 3 rings (SSSR count). The average Bonchev–Trinajstić information content (AvgIpc) is 2.72. The fourth-order valence-corrected chi connectivity index (χ4v) is 3.48. The monoisotopic (exact) mass is 404 g/mol. The summed E-state index contributed by atoms with van der Waals surface area (Å²) in [6.45, 7) is 0.0852. The molecule has 0 atom stereocenters. The number of nitrogens with one attached hydrogen (secondary N) is 2. The van der Waals surface area contributed by atoms with E-state index in [9.17, 15) is 22.8 Å². The lowest BCUT2D eigenvalue weighted by atomic mass is 9.88. The molecule has 1 saturated carbocycles. The number of rotatable bonds is 5. The second-order valence-electron chi connectivity index (χ2n) is 7.25. The van der Waals surface area contributed by atoms with Crippen LogP contribution in [0.5, 0.6) is 0 Å². The number of hydrogen-bond donors (Lipinski definition) is 2. The second-order valence-corrected chi connectivity index (χ2v) is 7.25. The highest BCUT2D eigenvalue weighted by molar-refractivity contribution is 6.04. The number of amides is 2. The standard InChI is InChI=1S/C22H23F3N2O2/c23-22(24,25)17-12-10-15(11-13-17)14-26-21(29)18-8-4-5-9-19(18)27-20(28)16-6-2-1-3-7-16/h4-5,8-13,16H,1-3,6-7,14H2,(H,26,29)(H,27,28). The van der Waals surface area contributed by atoms with Crippen LogP contribution in [0.3, 0.4) is 0 Å². The molecule has 0 heterocycles. The largest absolute Gasteiger partial charge is 0.416 e. The van der Waals surface area contributed by atoms with Crippen molar-refractivity contribution in [3.05, 3.63) is 65.2 Å². The van der Waals surface area contributed by atoms with E-state index in [1.807, 2.05) is 0 Å². The molecule has 0 aromatic heterocycles. The average molecular weight is 404 g/mol. The van der Waals surface area contributed by atoms with Crippen LogP contribution >= 0.6 is 0 Å². The highest BCUT2D eigenvalue weighted by atomic mass is 19.4. The van der Waals surface area contributed by atoms with E-state index in [0.717, 1.165) is 44.2 Å². The van der Waals surface area contributed by atoms with Gasteiger partial charge in [-0.1, -0.05) is 43.5 Å². The number of carbonyl (C=O) groups excluding carboxylic acids is 2. The third-order valence-corrected chi connectivity index (χ3v) is 5.14. The van der Waals surface area contributed by atoms with Crippen molar-refractivity contribution in [2.75, 3.05) is 5.32 Å². The van der Waals surface area contributed by atoms with Crippen molar-refractivity contribution in [3.8, 4) is 0 Å². The molecule has 0 bridgehead atoms. The normalized spacial score (nSPS) is 15.0. The number of alkyl halides is 3. The lowest BCUT2D eigenvalue weighted by molar-refractivity contribution is -0.137. The summed E-state index contributed by atoms with van der Waals surface area (Å²) in [4.78, 5) is 25.1. The molecule has 2 aromatic rings. The molecule has 1 aliphatic rings. The van der Waals surface area contributed by atoms with E-state index in [1.165, 1.54) is 12.1 Å². The molecule has 7 heteroatoms. The Kier molecular flexibility index (Phi) is 6.56. The van der Waals surface area contributed by atoms with Gasteiger partial charge in [0.1, 0.15) is 0 Å². The molecule has 29 heavy (non-hydrogen) atoms. The Morgan fingerprint density at radius 2 is 1.59 bits per heavy atom. The fraction of sp³-hybridized carbons (Fsp3) is 0.364. The smallest absolute Gasteiger partial charge is 0.348 e. The van der Waals surface area contributed by atoms with Gasteiger partial charge in [-0.3, -0.25) is 9.59 Å². The van der Waals surface area contributed by atoms with Gasteiger partial charge in [-0.2, -0.15) is 13.2 Å². The zero-order chi connectivity index (χ0) is 20.9. The van der Waals surface area contributed by atoms with Gasteiger partial charge in [0.25, 0.3) is 5.91 Å². The predicted octanol–water partition coefficient (Wildman–Crippen LogP) is 5.15. The van der Waals surface area contributed by atoms with E-state index < -0.39 is 17.6 Å². The molecular formula is C22H23F3N2O2. The van der Waals surface area contributed by atoms with Crippen LogP contribution in [0.4, 0.5) is 18.9 Å². The number of carbonyl (C=O) groups is 2. The molecule has 1 aliphatic carbocycles. The summed E-state index contributed by atoms with van der Waals surface area (Å²) in [6.07, 6.45) is 0.535. The highest BCUT2D eigenvalue weighted by Crippen LogP contribution is 2.29. The van der Waals surface area contributed by atoms with Gasteiger partial charge in [0.2, 0.25) is 5.91 Å². The van der Waals surface area contributed by atoms with Crippen molar-refractivity contribution in [1.29, 1.82) is 0 Å². The minimum Gasteiger partial charge on any atom is -0.348 e. The molecule has 2 amide bonds. The predicted molar refractivity (Wildman–Crippen MR) is 104 cm³/mol. The van der Waals surface area contributed by atoms with E-state index in [0.29, 0.717) is 16.8 Å². The number of halogens is 3. The van der Waals surface area contributed by atoms with Gasteiger partial charge in [-0.25, -0.2) is 0 Å². The molecular weight excluding hydrogens is 381 g/mol. The molecule has 0 aliphatic heterocycles. The zero-order valence-corrected chi connectivity index (χ0v) is 15.9. The summed E-state index contributed by atoms with van der Waals surface area (Å²) < 4.78 is 37.9. The Morgan fingerprint density at radius 3 is 2.24 bits per heavy atom. The Labute approximate surface area is 167 Å². The van der Waals surface area contributed by atoms with Crippen molar-refractivity contribution in [2.24, 2.45) is 5.92 Å². The van der Waals surface area contributed by atoms with E-state index in [-0.39, 0.29) is 18.4 Å². The maximum absolute atomic E-state index is 12.6. The SMILES string of the molecule is O=C(NCc1ccc(C(F)(F)F)cc1)c1ccccc1NC(=O)C1CCCCC1. The van der Waals surface area contributed by atoms with Gasteiger partial charge in [0, 0.05) is 12.5 Å². The lowest BCUT2D eigenvalue weighted by Crippen LogP contribution is -2.28. The lowest BCUT2D eigenvalue weighted by Gasteiger charge is -2.21. The van der Waals surface area contributed by atoms with Gasteiger partial charge in [-0.05, 0) is 42.7 Å². The number of para-hydroxylation sites is 1. The van der Waals surface area contributed by atoms with Crippen molar-refractivity contribution in [1.82, 2.24) is 5.32 Å². The van der Waals surface area contributed by atoms with Crippen LogP contribution < -0.4 is 10.6 Å². The Bertz CT molecular complexity index is 857. The van der Waals surface area contributed by atoms with Crippen molar-refractivity contribution in [3.63, 3.8) is 0 Å². The number of benzene rings is 2. The van der Waals surface area contributed by atoms with E-state index >= 15 is 0 Å². The summed E-state index contributed by atoms with van der Waals surface area (Å²) in [7, 11) is 0. The van der Waals surface area contributed by atoms with Crippen LogP contribution in [0.2, 0.25) is 0 Å². The Morgan fingerprint density at radius 1 is 0.931 bits per heavy atom. The zero-order valence-electron chi connectivity index (χ0n) is 15.9. The van der Waals surface area contributed by atoms with Crippen LogP contribution in [0.25, 0.3) is 0 Å². The summed E-state index contributed by atoms with van der Waals surface area (Å²) in [5.74, 6) is -0.510. The Hall–Kier alpha value is -2.83. The topological polar surface area (TPSA) is 58.2 Å². The van der Waals surface area contributed by atoms with Crippen molar-refractivity contribution < 1.29 is 22.8 Å². The third-order valence-electron chi connectivity index (χ3n) is 5.14. The van der Waals surface area contributed by atoms with Gasteiger partial charge in [0.15, 0.2) is 0 Å². The molecule has 0 radical (unpaired) electrons. The van der Waals surface area contributed by atoms with Crippen LogP contribution in [0.1, 0.15) is 53.6 Å². The van der Waals surface area contributed by atoms with E-state index in [1.54, 1.807) is 24.3 Å². The first-order valence-electron chi connectivity index (χ1n) is 9.69. The van der Waals surface area contributed by atoms with Crippen LogP contribution in [-0.4, -0.2) is 11.8 Å². The Balaban J connectivity index is 1.63. The third kappa shape index (κ3) is 5.59. The van der Waals surface area contributed by atoms with E-state index in [4.69, 9.17) is 0 Å². The minimum absolute atomic E-state index is 0.0352. The van der Waals surface area contributed by atoms with Crippen molar-refractivity contribution in [2.45, 2.75) is 44.8 Å². The van der Waals surface area contributed by atoms with Gasteiger partial charge in [0.05, 0.1) is 16.8 Å². The summed E-state index contributed by atoms with van der Waals surface area (Å²) in [6, 6.07) is 11.4.